The first-order chi connectivity index (χ1) is 11.1. The van der Waals surface area contributed by atoms with Crippen LogP contribution in [0.4, 0.5) is 5.69 Å². The third kappa shape index (κ3) is 3.85. The number of furan rings is 1. The van der Waals surface area contributed by atoms with E-state index >= 15 is 0 Å². The van der Waals surface area contributed by atoms with Gasteiger partial charge in [0.15, 0.2) is 5.11 Å². The van der Waals surface area contributed by atoms with E-state index in [0.29, 0.717) is 6.54 Å². The molecule has 0 radical (unpaired) electrons. The predicted octanol–water partition coefficient (Wildman–Crippen LogP) is 3.09. The van der Waals surface area contributed by atoms with Crippen LogP contribution in [0.3, 0.4) is 0 Å². The minimum absolute atomic E-state index is 0.642. The van der Waals surface area contributed by atoms with Crippen LogP contribution in [0.5, 0.6) is 0 Å². The van der Waals surface area contributed by atoms with Crippen molar-refractivity contribution in [1.29, 1.82) is 0 Å². The molecule has 0 saturated carbocycles. The van der Waals surface area contributed by atoms with Gasteiger partial charge in [0.05, 0.1) is 12.8 Å². The highest BCUT2D eigenvalue weighted by Gasteiger charge is 2.20. The van der Waals surface area contributed by atoms with Crippen LogP contribution in [-0.4, -0.2) is 36.2 Å². The fourth-order valence-corrected chi connectivity index (χ4v) is 3.25. The summed E-state index contributed by atoms with van der Waals surface area (Å²) in [5.74, 6) is 0.904. The molecule has 0 spiro atoms. The fraction of sp³-hybridized carbons (Fsp3) is 0.389. The Bertz CT molecular complexity index is 661. The van der Waals surface area contributed by atoms with Crippen molar-refractivity contribution in [2.45, 2.75) is 20.4 Å². The molecule has 1 aliphatic rings. The highest BCUT2D eigenvalue weighted by Crippen LogP contribution is 2.22. The van der Waals surface area contributed by atoms with E-state index in [1.165, 1.54) is 16.8 Å². The SMILES string of the molecule is Cc1ccc(N2CCN(C(=S)NCc3ccco3)CC2)c(C)c1. The lowest BCUT2D eigenvalue weighted by Crippen LogP contribution is -2.51. The van der Waals surface area contributed by atoms with Gasteiger partial charge in [-0.2, -0.15) is 0 Å². The topological polar surface area (TPSA) is 31.6 Å². The second kappa shape index (κ2) is 7.04. The Morgan fingerprint density at radius 1 is 1.17 bits per heavy atom. The first-order valence-corrected chi connectivity index (χ1v) is 8.41. The Kier molecular flexibility index (Phi) is 4.86. The van der Waals surface area contributed by atoms with Gasteiger partial charge in [-0.25, -0.2) is 0 Å². The lowest BCUT2D eigenvalue weighted by Gasteiger charge is -2.38. The molecule has 0 bridgehead atoms. The fourth-order valence-electron chi connectivity index (χ4n) is 3.00. The van der Waals surface area contributed by atoms with Gasteiger partial charge in [-0.05, 0) is 49.8 Å². The smallest absolute Gasteiger partial charge is 0.169 e. The van der Waals surface area contributed by atoms with Gasteiger partial charge in [-0.3, -0.25) is 0 Å². The molecule has 2 heterocycles. The Balaban J connectivity index is 1.52. The van der Waals surface area contributed by atoms with Crippen LogP contribution in [0.1, 0.15) is 16.9 Å². The van der Waals surface area contributed by atoms with Crippen LogP contribution >= 0.6 is 12.2 Å². The van der Waals surface area contributed by atoms with Gasteiger partial charge in [-0.15, -0.1) is 0 Å². The number of hydrogen-bond acceptors (Lipinski definition) is 3. The molecule has 3 rings (SSSR count). The molecule has 23 heavy (non-hydrogen) atoms. The van der Waals surface area contributed by atoms with Crippen molar-refractivity contribution in [3.8, 4) is 0 Å². The molecule has 2 aromatic rings. The molecular formula is C18H23N3OS. The Morgan fingerprint density at radius 3 is 2.61 bits per heavy atom. The van der Waals surface area contributed by atoms with Crippen LogP contribution in [0.25, 0.3) is 0 Å². The zero-order valence-electron chi connectivity index (χ0n) is 13.7. The highest BCUT2D eigenvalue weighted by atomic mass is 32.1. The summed E-state index contributed by atoms with van der Waals surface area (Å²) in [6, 6.07) is 10.5. The molecule has 5 heteroatoms. The minimum atomic E-state index is 0.642. The van der Waals surface area contributed by atoms with Crippen LogP contribution in [0.2, 0.25) is 0 Å². The summed E-state index contributed by atoms with van der Waals surface area (Å²) in [5.41, 5.74) is 4.00. The summed E-state index contributed by atoms with van der Waals surface area (Å²) in [4.78, 5) is 4.68. The molecule has 1 saturated heterocycles. The van der Waals surface area contributed by atoms with Gasteiger partial charge in [0.25, 0.3) is 0 Å². The third-order valence-electron chi connectivity index (χ3n) is 4.25. The van der Waals surface area contributed by atoms with Crippen LogP contribution in [-0.2, 0) is 6.54 Å². The molecule has 0 aliphatic carbocycles. The molecule has 1 aliphatic heterocycles. The Labute approximate surface area is 143 Å². The molecule has 0 unspecified atom stereocenters. The Morgan fingerprint density at radius 2 is 1.96 bits per heavy atom. The number of rotatable bonds is 3. The summed E-state index contributed by atoms with van der Waals surface area (Å²) in [5, 5.41) is 4.08. The van der Waals surface area contributed by atoms with Crippen molar-refractivity contribution >= 4 is 23.0 Å². The van der Waals surface area contributed by atoms with Gasteiger partial charge in [0.1, 0.15) is 5.76 Å². The normalized spacial score (nSPS) is 14.9. The monoisotopic (exact) mass is 329 g/mol. The molecule has 1 aromatic carbocycles. The van der Waals surface area contributed by atoms with Crippen molar-refractivity contribution in [1.82, 2.24) is 10.2 Å². The lowest BCUT2D eigenvalue weighted by molar-refractivity contribution is 0.377. The number of anilines is 1. The standard InChI is InChI=1S/C18H23N3OS/c1-14-5-6-17(15(2)12-14)20-7-9-21(10-8-20)18(23)19-13-16-4-3-11-22-16/h3-6,11-12H,7-10,13H2,1-2H3,(H,19,23). The van der Waals surface area contributed by atoms with E-state index in [1.807, 2.05) is 12.1 Å². The highest BCUT2D eigenvalue weighted by molar-refractivity contribution is 7.80. The number of hydrogen-bond donors (Lipinski definition) is 1. The third-order valence-corrected chi connectivity index (χ3v) is 4.66. The lowest BCUT2D eigenvalue weighted by atomic mass is 10.1. The van der Waals surface area contributed by atoms with Crippen LogP contribution < -0.4 is 10.2 Å². The molecule has 1 N–H and O–H groups in total. The molecule has 4 nitrogen and oxygen atoms in total. The van der Waals surface area contributed by atoms with E-state index in [1.54, 1.807) is 6.26 Å². The maximum absolute atomic E-state index is 5.50. The molecule has 1 aromatic heterocycles. The first-order valence-electron chi connectivity index (χ1n) is 8.01. The van der Waals surface area contributed by atoms with E-state index in [4.69, 9.17) is 16.6 Å². The number of nitrogens with one attached hydrogen (secondary N) is 1. The molecule has 122 valence electrons. The maximum Gasteiger partial charge on any atom is 0.169 e. The summed E-state index contributed by atoms with van der Waals surface area (Å²) in [6.07, 6.45) is 1.68. The molecule has 0 amide bonds. The van der Waals surface area contributed by atoms with Gasteiger partial charge in [-0.1, -0.05) is 17.7 Å². The van der Waals surface area contributed by atoms with E-state index in [9.17, 15) is 0 Å². The van der Waals surface area contributed by atoms with Gasteiger partial charge in [0.2, 0.25) is 0 Å². The van der Waals surface area contributed by atoms with E-state index in [0.717, 1.165) is 37.1 Å². The maximum atomic E-state index is 5.50. The van der Waals surface area contributed by atoms with Crippen molar-refractivity contribution in [2.75, 3.05) is 31.1 Å². The van der Waals surface area contributed by atoms with Gasteiger partial charge < -0.3 is 19.5 Å². The minimum Gasteiger partial charge on any atom is -0.467 e. The average Bonchev–Trinajstić information content (AvgIpc) is 3.06. The molecule has 1 fully saturated rings. The number of nitrogens with zero attached hydrogens (tertiary/aromatic N) is 2. The van der Waals surface area contributed by atoms with Crippen LogP contribution in [0, 0.1) is 13.8 Å². The number of aryl methyl sites for hydroxylation is 2. The summed E-state index contributed by atoms with van der Waals surface area (Å²) >= 11 is 5.50. The van der Waals surface area contributed by atoms with Gasteiger partial charge in [0, 0.05) is 31.9 Å². The van der Waals surface area contributed by atoms with Crippen molar-refractivity contribution in [3.05, 3.63) is 53.5 Å². The number of benzene rings is 1. The average molecular weight is 329 g/mol. The zero-order valence-corrected chi connectivity index (χ0v) is 14.5. The van der Waals surface area contributed by atoms with E-state index < -0.39 is 0 Å². The number of piperazine rings is 1. The van der Waals surface area contributed by atoms with Gasteiger partial charge >= 0.3 is 0 Å². The van der Waals surface area contributed by atoms with Crippen molar-refractivity contribution < 1.29 is 4.42 Å². The van der Waals surface area contributed by atoms with Crippen LogP contribution in [0.15, 0.2) is 41.0 Å². The second-order valence-electron chi connectivity index (χ2n) is 6.00. The molecule has 0 atom stereocenters. The van der Waals surface area contributed by atoms with Crippen molar-refractivity contribution in [2.24, 2.45) is 0 Å². The zero-order chi connectivity index (χ0) is 16.2. The summed E-state index contributed by atoms with van der Waals surface area (Å²) in [7, 11) is 0. The quantitative estimate of drug-likeness (QED) is 0.875. The second-order valence-corrected chi connectivity index (χ2v) is 6.39. The largest absolute Gasteiger partial charge is 0.467 e. The molecular weight excluding hydrogens is 306 g/mol. The first kappa shape index (κ1) is 15.9. The summed E-state index contributed by atoms with van der Waals surface area (Å²) < 4.78 is 5.32. The van der Waals surface area contributed by atoms with E-state index in [2.05, 4.69) is 47.2 Å². The van der Waals surface area contributed by atoms with E-state index in [-0.39, 0.29) is 0 Å². The van der Waals surface area contributed by atoms with Crippen molar-refractivity contribution in [3.63, 3.8) is 0 Å². The predicted molar refractivity (Wildman–Crippen MR) is 97.8 cm³/mol. The Hall–Kier alpha value is -2.01. The summed E-state index contributed by atoms with van der Waals surface area (Å²) in [6.45, 7) is 8.83. The number of thiocarbonyl (C=S) groups is 1.